The first-order valence-corrected chi connectivity index (χ1v) is 7.33. The van der Waals surface area contributed by atoms with E-state index < -0.39 is 0 Å². The Balaban J connectivity index is 1.89. The second-order valence-electron chi connectivity index (χ2n) is 5.63. The molecule has 0 unspecified atom stereocenters. The number of hydrogen-bond donors (Lipinski definition) is 1. The number of nitrogens with zero attached hydrogens (tertiary/aromatic N) is 2. The lowest BCUT2D eigenvalue weighted by atomic mass is 10.1. The van der Waals surface area contributed by atoms with Crippen LogP contribution in [0.25, 0.3) is 0 Å². The quantitative estimate of drug-likeness (QED) is 0.922. The maximum Gasteiger partial charge on any atom is 0.255 e. The molecule has 4 heteroatoms. The predicted molar refractivity (Wildman–Crippen MR) is 90.5 cm³/mol. The Labute approximate surface area is 130 Å². The fourth-order valence-electron chi connectivity index (χ4n) is 2.48. The molecule has 1 aliphatic heterocycles. The lowest BCUT2D eigenvalue weighted by Crippen LogP contribution is -2.36. The molecule has 0 saturated heterocycles. The number of carbonyl (C=O) groups excluding carboxylic acids is 1. The van der Waals surface area contributed by atoms with Crippen LogP contribution in [0.15, 0.2) is 47.5 Å². The highest BCUT2D eigenvalue weighted by Gasteiger charge is 2.27. The smallest absolute Gasteiger partial charge is 0.255 e. The molecule has 112 valence electrons. The summed E-state index contributed by atoms with van der Waals surface area (Å²) in [6.45, 7) is 6.34. The number of aliphatic imine (C=N–C) groups is 1. The van der Waals surface area contributed by atoms with Crippen molar-refractivity contribution in [1.82, 2.24) is 0 Å². The Kier molecular flexibility index (Phi) is 3.67. The molecule has 1 N–H and O–H groups in total. The summed E-state index contributed by atoms with van der Waals surface area (Å²) in [5.41, 5.74) is 5.34. The lowest BCUT2D eigenvalue weighted by molar-refractivity contribution is -0.115. The first-order chi connectivity index (χ1) is 10.5. The fourth-order valence-corrected chi connectivity index (χ4v) is 2.48. The highest BCUT2D eigenvalue weighted by molar-refractivity contribution is 6.24. The van der Waals surface area contributed by atoms with E-state index in [1.54, 1.807) is 4.90 Å². The van der Waals surface area contributed by atoms with E-state index in [9.17, 15) is 4.79 Å². The van der Waals surface area contributed by atoms with Crippen molar-refractivity contribution < 1.29 is 4.79 Å². The van der Waals surface area contributed by atoms with E-state index in [1.165, 1.54) is 11.1 Å². The van der Waals surface area contributed by atoms with E-state index in [2.05, 4.69) is 36.3 Å². The SMILES string of the molecule is Cc1cccc(N2C(=O)CN=C2Nc2ccc(C)c(C)c2)c1. The maximum atomic E-state index is 12.2. The van der Waals surface area contributed by atoms with Gasteiger partial charge in [0.05, 0.1) is 5.69 Å². The van der Waals surface area contributed by atoms with Gasteiger partial charge >= 0.3 is 0 Å². The highest BCUT2D eigenvalue weighted by atomic mass is 16.2. The van der Waals surface area contributed by atoms with Gasteiger partial charge in [0.15, 0.2) is 0 Å². The molecule has 0 bridgehead atoms. The van der Waals surface area contributed by atoms with Gasteiger partial charge < -0.3 is 5.32 Å². The minimum Gasteiger partial charge on any atom is -0.326 e. The first kappa shape index (κ1) is 14.3. The van der Waals surface area contributed by atoms with Gasteiger partial charge in [-0.2, -0.15) is 0 Å². The van der Waals surface area contributed by atoms with Gasteiger partial charge in [0.25, 0.3) is 5.91 Å². The maximum absolute atomic E-state index is 12.2. The number of anilines is 2. The highest BCUT2D eigenvalue weighted by Crippen LogP contribution is 2.22. The molecule has 4 nitrogen and oxygen atoms in total. The minimum absolute atomic E-state index is 0.0167. The van der Waals surface area contributed by atoms with Crippen molar-refractivity contribution >= 4 is 23.2 Å². The topological polar surface area (TPSA) is 44.7 Å². The second-order valence-corrected chi connectivity index (χ2v) is 5.63. The van der Waals surface area contributed by atoms with Crippen molar-refractivity contribution in [2.24, 2.45) is 4.99 Å². The molecule has 2 aromatic carbocycles. The molecule has 0 radical (unpaired) electrons. The van der Waals surface area contributed by atoms with Crippen LogP contribution in [0.1, 0.15) is 16.7 Å². The van der Waals surface area contributed by atoms with E-state index >= 15 is 0 Å². The Bertz CT molecular complexity index is 765. The third-order valence-corrected chi connectivity index (χ3v) is 3.85. The van der Waals surface area contributed by atoms with E-state index in [0.717, 1.165) is 16.9 Å². The number of rotatable bonds is 2. The zero-order valence-corrected chi connectivity index (χ0v) is 13.1. The average Bonchev–Trinajstić information content (AvgIpc) is 2.84. The molecular formula is C18H19N3O. The zero-order chi connectivity index (χ0) is 15.7. The summed E-state index contributed by atoms with van der Waals surface area (Å²) in [6, 6.07) is 14.0. The Morgan fingerprint density at radius 2 is 1.86 bits per heavy atom. The number of nitrogens with one attached hydrogen (secondary N) is 1. The summed E-state index contributed by atoms with van der Waals surface area (Å²) in [7, 11) is 0. The van der Waals surface area contributed by atoms with Crippen LogP contribution in [0.4, 0.5) is 11.4 Å². The number of hydrogen-bond acceptors (Lipinski definition) is 3. The van der Waals surface area contributed by atoms with Crippen LogP contribution in [0.2, 0.25) is 0 Å². The summed E-state index contributed by atoms with van der Waals surface area (Å²) in [5, 5.41) is 3.26. The summed E-state index contributed by atoms with van der Waals surface area (Å²) < 4.78 is 0. The molecular weight excluding hydrogens is 274 g/mol. The molecule has 22 heavy (non-hydrogen) atoms. The van der Waals surface area contributed by atoms with Gasteiger partial charge in [0, 0.05) is 5.69 Å². The van der Waals surface area contributed by atoms with Gasteiger partial charge in [-0.15, -0.1) is 0 Å². The summed E-state index contributed by atoms with van der Waals surface area (Å²) in [4.78, 5) is 18.2. The van der Waals surface area contributed by atoms with Crippen molar-refractivity contribution in [3.05, 3.63) is 59.2 Å². The molecule has 0 aromatic heterocycles. The average molecular weight is 293 g/mol. The number of amides is 1. The molecule has 0 fully saturated rings. The van der Waals surface area contributed by atoms with Crippen LogP contribution < -0.4 is 10.2 Å². The standard InChI is InChI=1S/C18H19N3O/c1-12-5-4-6-16(9-12)21-17(22)11-19-18(21)20-15-8-7-13(2)14(3)10-15/h4-10H,11H2,1-3H3,(H,19,20). The number of carbonyl (C=O) groups is 1. The van der Waals surface area contributed by atoms with Crippen LogP contribution >= 0.6 is 0 Å². The van der Waals surface area contributed by atoms with Gasteiger partial charge in [-0.25, -0.2) is 9.89 Å². The molecule has 1 aliphatic rings. The van der Waals surface area contributed by atoms with Crippen LogP contribution in [0.5, 0.6) is 0 Å². The molecule has 1 heterocycles. The van der Waals surface area contributed by atoms with Gasteiger partial charge in [-0.1, -0.05) is 18.2 Å². The van der Waals surface area contributed by atoms with Crippen LogP contribution in [-0.2, 0) is 4.79 Å². The second kappa shape index (κ2) is 5.64. The van der Waals surface area contributed by atoms with E-state index in [1.807, 2.05) is 37.3 Å². The lowest BCUT2D eigenvalue weighted by Gasteiger charge is -2.20. The molecule has 3 rings (SSSR count). The number of guanidine groups is 1. The van der Waals surface area contributed by atoms with E-state index in [-0.39, 0.29) is 12.5 Å². The van der Waals surface area contributed by atoms with E-state index in [4.69, 9.17) is 0 Å². The fraction of sp³-hybridized carbons (Fsp3) is 0.222. The monoisotopic (exact) mass is 293 g/mol. The van der Waals surface area contributed by atoms with Crippen LogP contribution in [0, 0.1) is 20.8 Å². The Morgan fingerprint density at radius 3 is 2.59 bits per heavy atom. The Hall–Kier alpha value is -2.62. The molecule has 0 aliphatic carbocycles. The minimum atomic E-state index is -0.0167. The molecule has 1 amide bonds. The summed E-state index contributed by atoms with van der Waals surface area (Å²) in [6.07, 6.45) is 0. The largest absolute Gasteiger partial charge is 0.326 e. The van der Waals surface area contributed by atoms with Crippen LogP contribution in [0.3, 0.4) is 0 Å². The third-order valence-electron chi connectivity index (χ3n) is 3.85. The summed E-state index contributed by atoms with van der Waals surface area (Å²) in [5.74, 6) is 0.566. The molecule has 0 spiro atoms. The third kappa shape index (κ3) is 2.72. The van der Waals surface area contributed by atoms with Gasteiger partial charge in [0.2, 0.25) is 5.96 Å². The molecule has 2 aromatic rings. The van der Waals surface area contributed by atoms with Crippen molar-refractivity contribution in [3.8, 4) is 0 Å². The van der Waals surface area contributed by atoms with E-state index in [0.29, 0.717) is 5.96 Å². The van der Waals surface area contributed by atoms with Crippen molar-refractivity contribution in [2.75, 3.05) is 16.8 Å². The number of benzene rings is 2. The summed E-state index contributed by atoms with van der Waals surface area (Å²) >= 11 is 0. The Morgan fingerprint density at radius 1 is 1.05 bits per heavy atom. The number of aryl methyl sites for hydroxylation is 3. The van der Waals surface area contributed by atoms with Crippen LogP contribution in [-0.4, -0.2) is 18.4 Å². The predicted octanol–water partition coefficient (Wildman–Crippen LogP) is 3.43. The zero-order valence-electron chi connectivity index (χ0n) is 13.1. The van der Waals surface area contributed by atoms with Crippen molar-refractivity contribution in [1.29, 1.82) is 0 Å². The van der Waals surface area contributed by atoms with Gasteiger partial charge in [0.1, 0.15) is 6.54 Å². The van der Waals surface area contributed by atoms with Gasteiger partial charge in [-0.05, 0) is 61.7 Å². The molecule has 0 atom stereocenters. The van der Waals surface area contributed by atoms with Crippen molar-refractivity contribution in [3.63, 3.8) is 0 Å². The first-order valence-electron chi connectivity index (χ1n) is 7.33. The van der Waals surface area contributed by atoms with Gasteiger partial charge in [-0.3, -0.25) is 4.79 Å². The van der Waals surface area contributed by atoms with Crippen molar-refractivity contribution in [2.45, 2.75) is 20.8 Å². The molecule has 0 saturated carbocycles. The normalized spacial score (nSPS) is 14.2.